The van der Waals surface area contributed by atoms with Crippen molar-refractivity contribution in [2.24, 2.45) is 4.99 Å². The van der Waals surface area contributed by atoms with Gasteiger partial charge < -0.3 is 10.6 Å². The van der Waals surface area contributed by atoms with Crippen LogP contribution in [-0.4, -0.2) is 25.6 Å². The van der Waals surface area contributed by atoms with E-state index in [4.69, 9.17) is 0 Å². The first-order valence-corrected chi connectivity index (χ1v) is 8.14. The smallest absolute Gasteiger partial charge is 0.191 e. The van der Waals surface area contributed by atoms with Crippen LogP contribution < -0.4 is 10.6 Å². The molecule has 2 atom stereocenters. The quantitative estimate of drug-likeness (QED) is 0.653. The fourth-order valence-corrected chi connectivity index (χ4v) is 2.86. The average molecular weight is 329 g/mol. The third-order valence-corrected chi connectivity index (χ3v) is 4.29. The Morgan fingerprint density at radius 1 is 1.08 bits per heavy atom. The molecule has 3 rings (SSSR count). The van der Waals surface area contributed by atoms with Crippen LogP contribution in [0.1, 0.15) is 23.5 Å². The molecule has 0 bridgehead atoms. The van der Waals surface area contributed by atoms with Gasteiger partial charge in [-0.25, -0.2) is 8.78 Å². The molecule has 1 fully saturated rings. The van der Waals surface area contributed by atoms with Crippen molar-refractivity contribution < 1.29 is 8.78 Å². The van der Waals surface area contributed by atoms with Gasteiger partial charge in [-0.2, -0.15) is 0 Å². The summed E-state index contributed by atoms with van der Waals surface area (Å²) in [5.41, 5.74) is 1.42. The maximum atomic E-state index is 13.8. The fourth-order valence-electron chi connectivity index (χ4n) is 2.86. The highest BCUT2D eigenvalue weighted by Gasteiger charge is 2.40. The third-order valence-electron chi connectivity index (χ3n) is 4.29. The van der Waals surface area contributed by atoms with Crippen LogP contribution in [0.5, 0.6) is 0 Å². The molecule has 1 aliphatic carbocycles. The predicted molar refractivity (Wildman–Crippen MR) is 92.1 cm³/mol. The first-order chi connectivity index (χ1) is 11.7. The second-order valence-corrected chi connectivity index (χ2v) is 5.95. The molecule has 1 saturated carbocycles. The summed E-state index contributed by atoms with van der Waals surface area (Å²) in [5.74, 6) is 0.491. The van der Waals surface area contributed by atoms with E-state index in [9.17, 15) is 8.78 Å². The molecule has 0 saturated heterocycles. The number of nitrogens with zero attached hydrogens (tertiary/aromatic N) is 1. The molecule has 5 heteroatoms. The maximum Gasteiger partial charge on any atom is 0.191 e. The zero-order valence-electron chi connectivity index (χ0n) is 13.6. The Labute approximate surface area is 140 Å². The van der Waals surface area contributed by atoms with E-state index in [1.165, 1.54) is 12.1 Å². The van der Waals surface area contributed by atoms with E-state index in [1.54, 1.807) is 25.2 Å². The molecule has 1 aliphatic rings. The molecule has 2 N–H and O–H groups in total. The molecule has 24 heavy (non-hydrogen) atoms. The summed E-state index contributed by atoms with van der Waals surface area (Å²) in [6.07, 6.45) is 1.46. The van der Waals surface area contributed by atoms with Gasteiger partial charge in [0.05, 0.1) is 0 Å². The highest BCUT2D eigenvalue weighted by molar-refractivity contribution is 5.80. The van der Waals surface area contributed by atoms with E-state index < -0.39 is 0 Å². The van der Waals surface area contributed by atoms with Crippen molar-refractivity contribution in [3.8, 4) is 0 Å². The number of rotatable bonds is 5. The Morgan fingerprint density at radius 2 is 1.79 bits per heavy atom. The monoisotopic (exact) mass is 329 g/mol. The highest BCUT2D eigenvalue weighted by atomic mass is 19.1. The number of halogens is 2. The van der Waals surface area contributed by atoms with E-state index in [2.05, 4.69) is 15.6 Å². The maximum absolute atomic E-state index is 13.8. The molecule has 0 aromatic heterocycles. The Kier molecular flexibility index (Phi) is 5.08. The van der Waals surface area contributed by atoms with E-state index in [-0.39, 0.29) is 23.6 Å². The molecule has 126 valence electrons. The fraction of sp³-hybridized carbons (Fsp3) is 0.316. The summed E-state index contributed by atoms with van der Waals surface area (Å²) in [4.78, 5) is 4.18. The Hall–Kier alpha value is -2.43. The van der Waals surface area contributed by atoms with Crippen LogP contribution in [0.4, 0.5) is 8.78 Å². The highest BCUT2D eigenvalue weighted by Crippen LogP contribution is 2.41. The van der Waals surface area contributed by atoms with Crippen LogP contribution >= 0.6 is 0 Å². The second-order valence-electron chi connectivity index (χ2n) is 5.95. The molecular formula is C19H21F2N3. The SMILES string of the molecule is CN=C(NCCc1ccccc1F)NC1CC1c1ccccc1F. The van der Waals surface area contributed by atoms with Crippen molar-refractivity contribution in [1.82, 2.24) is 10.6 Å². The molecule has 0 amide bonds. The van der Waals surface area contributed by atoms with Gasteiger partial charge in [-0.05, 0) is 36.1 Å². The normalized spacial score (nSPS) is 19.9. The number of benzene rings is 2. The number of hydrogen-bond donors (Lipinski definition) is 2. The molecule has 2 aromatic rings. The lowest BCUT2D eigenvalue weighted by Crippen LogP contribution is -2.40. The summed E-state index contributed by atoms with van der Waals surface area (Å²) < 4.78 is 27.4. The van der Waals surface area contributed by atoms with Gasteiger partial charge >= 0.3 is 0 Å². The van der Waals surface area contributed by atoms with Gasteiger partial charge in [0.2, 0.25) is 0 Å². The lowest BCUT2D eigenvalue weighted by atomic mass is 10.1. The molecule has 2 aromatic carbocycles. The van der Waals surface area contributed by atoms with Gasteiger partial charge in [-0.1, -0.05) is 36.4 Å². The topological polar surface area (TPSA) is 36.4 Å². The summed E-state index contributed by atoms with van der Waals surface area (Å²) in [5, 5.41) is 6.48. The van der Waals surface area contributed by atoms with Gasteiger partial charge in [0.25, 0.3) is 0 Å². The zero-order chi connectivity index (χ0) is 16.9. The molecule has 0 radical (unpaired) electrons. The third kappa shape index (κ3) is 3.91. The van der Waals surface area contributed by atoms with E-state index in [0.717, 1.165) is 12.0 Å². The molecule has 3 nitrogen and oxygen atoms in total. The van der Waals surface area contributed by atoms with E-state index in [0.29, 0.717) is 24.5 Å². The lowest BCUT2D eigenvalue weighted by Gasteiger charge is -2.12. The van der Waals surface area contributed by atoms with Crippen molar-refractivity contribution in [1.29, 1.82) is 0 Å². The first-order valence-electron chi connectivity index (χ1n) is 8.14. The van der Waals surface area contributed by atoms with E-state index in [1.807, 2.05) is 18.2 Å². The standard InChI is InChI=1S/C19H21F2N3/c1-22-19(23-11-10-13-6-2-4-8-16(13)20)24-18-12-15(18)14-7-3-5-9-17(14)21/h2-9,15,18H,10-12H2,1H3,(H2,22,23,24). The Bertz CT molecular complexity index is 730. The second kappa shape index (κ2) is 7.43. The minimum atomic E-state index is -0.191. The van der Waals surface area contributed by atoms with Gasteiger partial charge in [-0.3, -0.25) is 4.99 Å². The van der Waals surface area contributed by atoms with E-state index >= 15 is 0 Å². The van der Waals surface area contributed by atoms with Crippen LogP contribution in [0.15, 0.2) is 53.5 Å². The molecule has 0 heterocycles. The predicted octanol–water partition coefficient (Wildman–Crippen LogP) is 3.23. The van der Waals surface area contributed by atoms with Gasteiger partial charge in [-0.15, -0.1) is 0 Å². The summed E-state index contributed by atoms with van der Waals surface area (Å²) in [6, 6.07) is 13.8. The zero-order valence-corrected chi connectivity index (χ0v) is 13.6. The van der Waals surface area contributed by atoms with Crippen molar-refractivity contribution >= 4 is 5.96 Å². The van der Waals surface area contributed by atoms with Gasteiger partial charge in [0.15, 0.2) is 5.96 Å². The Morgan fingerprint density at radius 3 is 2.50 bits per heavy atom. The van der Waals surface area contributed by atoms with Crippen LogP contribution in [0.2, 0.25) is 0 Å². The molecule has 0 spiro atoms. The first kappa shape index (κ1) is 16.4. The number of guanidine groups is 1. The Balaban J connectivity index is 1.48. The number of nitrogens with one attached hydrogen (secondary N) is 2. The minimum absolute atomic E-state index is 0.158. The lowest BCUT2D eigenvalue weighted by molar-refractivity contribution is 0.605. The van der Waals surface area contributed by atoms with Crippen molar-refractivity contribution in [2.75, 3.05) is 13.6 Å². The number of hydrogen-bond acceptors (Lipinski definition) is 1. The van der Waals surface area contributed by atoms with Crippen LogP contribution in [-0.2, 0) is 6.42 Å². The molecule has 2 unspecified atom stereocenters. The summed E-state index contributed by atoms with van der Waals surface area (Å²) in [6.45, 7) is 0.581. The molecular weight excluding hydrogens is 308 g/mol. The van der Waals surface area contributed by atoms with Crippen LogP contribution in [0.3, 0.4) is 0 Å². The summed E-state index contributed by atoms with van der Waals surface area (Å²) in [7, 11) is 1.69. The average Bonchev–Trinajstić information content (AvgIpc) is 3.35. The summed E-state index contributed by atoms with van der Waals surface area (Å²) >= 11 is 0. The van der Waals surface area contributed by atoms with Gasteiger partial charge in [0.1, 0.15) is 11.6 Å². The largest absolute Gasteiger partial charge is 0.356 e. The van der Waals surface area contributed by atoms with Crippen molar-refractivity contribution in [3.63, 3.8) is 0 Å². The van der Waals surface area contributed by atoms with Crippen molar-refractivity contribution in [2.45, 2.75) is 24.8 Å². The van der Waals surface area contributed by atoms with Crippen LogP contribution in [0.25, 0.3) is 0 Å². The minimum Gasteiger partial charge on any atom is -0.356 e. The van der Waals surface area contributed by atoms with Crippen molar-refractivity contribution in [3.05, 3.63) is 71.3 Å². The van der Waals surface area contributed by atoms with Gasteiger partial charge in [0, 0.05) is 25.6 Å². The molecule has 0 aliphatic heterocycles. The van der Waals surface area contributed by atoms with Crippen LogP contribution in [0, 0.1) is 11.6 Å². The number of aliphatic imine (C=N–C) groups is 1.